The second-order valence-corrected chi connectivity index (χ2v) is 5.73. The van der Waals surface area contributed by atoms with Crippen LogP contribution in [0.1, 0.15) is 25.3 Å². The number of likely N-dealkylation sites (N-methyl/N-ethyl adjacent to an activating group) is 1. The highest BCUT2D eigenvalue weighted by molar-refractivity contribution is 5.48. The van der Waals surface area contributed by atoms with Crippen LogP contribution in [-0.2, 0) is 0 Å². The minimum Gasteiger partial charge on any atom is -0.368 e. The van der Waals surface area contributed by atoms with E-state index in [9.17, 15) is 13.2 Å². The molecule has 0 aliphatic carbocycles. The van der Waals surface area contributed by atoms with Crippen molar-refractivity contribution >= 4 is 5.69 Å². The molecule has 0 radical (unpaired) electrons. The highest BCUT2D eigenvalue weighted by Gasteiger charge is 2.45. The van der Waals surface area contributed by atoms with Gasteiger partial charge in [-0.1, -0.05) is 26.0 Å². The van der Waals surface area contributed by atoms with Gasteiger partial charge in [0, 0.05) is 25.3 Å². The number of benzene rings is 1. The van der Waals surface area contributed by atoms with E-state index < -0.39 is 12.2 Å². The molecule has 1 atom stereocenters. The number of piperazine rings is 1. The fourth-order valence-electron chi connectivity index (χ4n) is 2.53. The summed E-state index contributed by atoms with van der Waals surface area (Å²) in [6, 6.07) is 6.46. The first-order valence-corrected chi connectivity index (χ1v) is 6.91. The molecule has 112 valence electrons. The summed E-state index contributed by atoms with van der Waals surface area (Å²) < 4.78 is 38.9. The molecule has 0 saturated carbocycles. The van der Waals surface area contributed by atoms with Crippen molar-refractivity contribution < 1.29 is 13.2 Å². The van der Waals surface area contributed by atoms with Gasteiger partial charge >= 0.3 is 6.18 Å². The van der Waals surface area contributed by atoms with Gasteiger partial charge in [-0.15, -0.1) is 0 Å². The van der Waals surface area contributed by atoms with Crippen LogP contribution in [0.3, 0.4) is 0 Å². The lowest BCUT2D eigenvalue weighted by molar-refractivity contribution is -0.180. The summed E-state index contributed by atoms with van der Waals surface area (Å²) >= 11 is 0. The van der Waals surface area contributed by atoms with E-state index in [1.54, 1.807) is 0 Å². The highest BCUT2D eigenvalue weighted by Crippen LogP contribution is 2.29. The molecule has 1 aliphatic heterocycles. The van der Waals surface area contributed by atoms with Crippen molar-refractivity contribution in [1.29, 1.82) is 0 Å². The standard InChI is InChI=1S/C15H21F3N2/c1-11(2)12-4-6-13(7-5-12)20-9-8-19(3)14(10-20)15(16,17)18/h4-7,11,14H,8-10H2,1-3H3/t14-/m1/s1. The summed E-state index contributed by atoms with van der Waals surface area (Å²) in [5.74, 6) is 0.430. The summed E-state index contributed by atoms with van der Waals surface area (Å²) in [6.07, 6.45) is -4.18. The number of alkyl halides is 3. The number of rotatable bonds is 2. The molecule has 5 heteroatoms. The van der Waals surface area contributed by atoms with Crippen molar-refractivity contribution in [2.45, 2.75) is 32.0 Å². The summed E-state index contributed by atoms with van der Waals surface area (Å²) in [4.78, 5) is 3.21. The van der Waals surface area contributed by atoms with Gasteiger partial charge in [0.15, 0.2) is 0 Å². The van der Waals surface area contributed by atoms with E-state index in [1.165, 1.54) is 17.5 Å². The fraction of sp³-hybridized carbons (Fsp3) is 0.600. The molecule has 0 bridgehead atoms. The summed E-state index contributed by atoms with van der Waals surface area (Å²) in [7, 11) is 1.54. The Morgan fingerprint density at radius 1 is 1.10 bits per heavy atom. The zero-order chi connectivity index (χ0) is 14.9. The second-order valence-electron chi connectivity index (χ2n) is 5.73. The van der Waals surface area contributed by atoms with E-state index >= 15 is 0 Å². The Morgan fingerprint density at radius 3 is 2.20 bits per heavy atom. The summed E-state index contributed by atoms with van der Waals surface area (Å²) in [6.45, 7) is 5.26. The molecule has 0 unspecified atom stereocenters. The lowest BCUT2D eigenvalue weighted by Crippen LogP contribution is -2.57. The largest absolute Gasteiger partial charge is 0.405 e. The van der Waals surface area contributed by atoms with Crippen LogP contribution < -0.4 is 4.90 Å². The molecule has 0 spiro atoms. The van der Waals surface area contributed by atoms with Crippen LogP contribution in [0.5, 0.6) is 0 Å². The molecular formula is C15H21F3N2. The molecule has 1 aromatic carbocycles. The third-order valence-electron chi connectivity index (χ3n) is 3.95. The van der Waals surface area contributed by atoms with Crippen LogP contribution in [0.2, 0.25) is 0 Å². The van der Waals surface area contributed by atoms with E-state index in [1.807, 2.05) is 29.2 Å². The molecular weight excluding hydrogens is 265 g/mol. The van der Waals surface area contributed by atoms with Crippen LogP contribution >= 0.6 is 0 Å². The molecule has 2 nitrogen and oxygen atoms in total. The van der Waals surface area contributed by atoms with E-state index in [0.717, 1.165) is 5.69 Å². The average molecular weight is 286 g/mol. The van der Waals surface area contributed by atoms with Crippen LogP contribution in [0.25, 0.3) is 0 Å². The lowest BCUT2D eigenvalue weighted by atomic mass is 10.0. The van der Waals surface area contributed by atoms with Gasteiger partial charge in [0.2, 0.25) is 0 Å². The number of hydrogen-bond donors (Lipinski definition) is 0. The minimum absolute atomic E-state index is 0.00102. The maximum Gasteiger partial charge on any atom is 0.405 e. The first-order valence-electron chi connectivity index (χ1n) is 6.91. The SMILES string of the molecule is CC(C)c1ccc(N2CCN(C)[C@@H](C(F)(F)F)C2)cc1. The molecule has 1 aromatic rings. The Balaban J connectivity index is 2.13. The lowest BCUT2D eigenvalue weighted by Gasteiger charge is -2.41. The molecule has 0 aromatic heterocycles. The van der Waals surface area contributed by atoms with Crippen molar-refractivity contribution in [3.8, 4) is 0 Å². The Labute approximate surface area is 118 Å². The van der Waals surface area contributed by atoms with Crippen molar-refractivity contribution in [2.75, 3.05) is 31.6 Å². The van der Waals surface area contributed by atoms with Gasteiger partial charge in [0.1, 0.15) is 6.04 Å². The summed E-state index contributed by atoms with van der Waals surface area (Å²) in [5, 5.41) is 0. The molecule has 1 saturated heterocycles. The third kappa shape index (κ3) is 3.26. The maximum atomic E-state index is 13.0. The number of anilines is 1. The quantitative estimate of drug-likeness (QED) is 0.821. The molecule has 1 fully saturated rings. The van der Waals surface area contributed by atoms with Gasteiger partial charge in [0.05, 0.1) is 0 Å². The molecule has 0 N–H and O–H groups in total. The van der Waals surface area contributed by atoms with Gasteiger partial charge < -0.3 is 4.90 Å². The topological polar surface area (TPSA) is 6.48 Å². The van der Waals surface area contributed by atoms with Gasteiger partial charge in [-0.05, 0) is 30.7 Å². The Kier molecular flexibility index (Phi) is 4.28. The van der Waals surface area contributed by atoms with E-state index in [2.05, 4.69) is 13.8 Å². The van der Waals surface area contributed by atoms with Gasteiger partial charge in [-0.3, -0.25) is 4.90 Å². The molecule has 1 aliphatic rings. The minimum atomic E-state index is -4.18. The fourth-order valence-corrected chi connectivity index (χ4v) is 2.53. The van der Waals surface area contributed by atoms with Crippen molar-refractivity contribution in [1.82, 2.24) is 4.90 Å². The van der Waals surface area contributed by atoms with Gasteiger partial charge in [-0.2, -0.15) is 13.2 Å². The smallest absolute Gasteiger partial charge is 0.368 e. The third-order valence-corrected chi connectivity index (χ3v) is 3.95. The van der Waals surface area contributed by atoms with Crippen LogP contribution in [0.4, 0.5) is 18.9 Å². The number of nitrogens with zero attached hydrogens (tertiary/aromatic N) is 2. The molecule has 1 heterocycles. The number of hydrogen-bond acceptors (Lipinski definition) is 2. The van der Waals surface area contributed by atoms with Crippen molar-refractivity contribution in [3.63, 3.8) is 0 Å². The van der Waals surface area contributed by atoms with Gasteiger partial charge in [0.25, 0.3) is 0 Å². The average Bonchev–Trinajstić information content (AvgIpc) is 2.38. The first kappa shape index (κ1) is 15.2. The van der Waals surface area contributed by atoms with E-state index in [4.69, 9.17) is 0 Å². The van der Waals surface area contributed by atoms with Crippen LogP contribution in [0, 0.1) is 0 Å². The molecule has 20 heavy (non-hydrogen) atoms. The van der Waals surface area contributed by atoms with Crippen molar-refractivity contribution in [3.05, 3.63) is 29.8 Å². The maximum absolute atomic E-state index is 13.0. The molecule has 0 amide bonds. The van der Waals surface area contributed by atoms with Gasteiger partial charge in [-0.25, -0.2) is 0 Å². The number of halogens is 3. The zero-order valence-electron chi connectivity index (χ0n) is 12.1. The van der Waals surface area contributed by atoms with Crippen LogP contribution in [0.15, 0.2) is 24.3 Å². The van der Waals surface area contributed by atoms with Crippen molar-refractivity contribution in [2.24, 2.45) is 0 Å². The van der Waals surface area contributed by atoms with E-state index in [0.29, 0.717) is 19.0 Å². The normalized spacial score (nSPS) is 21.6. The zero-order valence-corrected chi connectivity index (χ0v) is 12.1. The Morgan fingerprint density at radius 2 is 1.70 bits per heavy atom. The first-order chi connectivity index (χ1) is 9.29. The van der Waals surface area contributed by atoms with E-state index in [-0.39, 0.29) is 6.54 Å². The molecule has 2 rings (SSSR count). The predicted molar refractivity (Wildman–Crippen MR) is 75.2 cm³/mol. The highest BCUT2D eigenvalue weighted by atomic mass is 19.4. The van der Waals surface area contributed by atoms with Crippen LogP contribution in [-0.4, -0.2) is 43.8 Å². The Bertz CT molecular complexity index is 439. The second kappa shape index (κ2) is 5.64. The predicted octanol–water partition coefficient (Wildman–Crippen LogP) is 3.49. The Hall–Kier alpha value is -1.23. The summed E-state index contributed by atoms with van der Waals surface area (Å²) in [5.41, 5.74) is 2.08. The monoisotopic (exact) mass is 286 g/mol.